The van der Waals surface area contributed by atoms with Crippen LogP contribution >= 0.6 is 0 Å². The van der Waals surface area contributed by atoms with E-state index in [-0.39, 0.29) is 0 Å². The van der Waals surface area contributed by atoms with Gasteiger partial charge in [-0.05, 0) is 74.6 Å². The van der Waals surface area contributed by atoms with Gasteiger partial charge in [0.15, 0.2) is 0 Å². The van der Waals surface area contributed by atoms with Gasteiger partial charge in [-0.1, -0.05) is 17.7 Å². The molecule has 27 heavy (non-hydrogen) atoms. The van der Waals surface area contributed by atoms with Gasteiger partial charge in [0, 0.05) is 22.0 Å². The fourth-order valence-corrected chi connectivity index (χ4v) is 4.16. The first-order valence-corrected chi connectivity index (χ1v) is 9.60. The molecule has 0 unspecified atom stereocenters. The van der Waals surface area contributed by atoms with Crippen LogP contribution in [0.3, 0.4) is 0 Å². The van der Waals surface area contributed by atoms with Gasteiger partial charge in [0.25, 0.3) is 0 Å². The van der Waals surface area contributed by atoms with Crippen molar-refractivity contribution < 1.29 is 4.74 Å². The molecule has 1 aliphatic carbocycles. The highest BCUT2D eigenvalue weighted by Gasteiger charge is 2.17. The van der Waals surface area contributed by atoms with E-state index in [0.29, 0.717) is 0 Å². The molecule has 3 nitrogen and oxygen atoms in total. The van der Waals surface area contributed by atoms with Crippen LogP contribution in [0.15, 0.2) is 48.5 Å². The molecule has 2 aromatic carbocycles. The van der Waals surface area contributed by atoms with Gasteiger partial charge in [-0.15, -0.1) is 0 Å². The van der Waals surface area contributed by atoms with Crippen LogP contribution in [0.25, 0.3) is 33.1 Å². The molecule has 0 saturated carbocycles. The van der Waals surface area contributed by atoms with E-state index in [9.17, 15) is 0 Å². The van der Waals surface area contributed by atoms with Gasteiger partial charge in [-0.25, -0.2) is 4.98 Å². The van der Waals surface area contributed by atoms with E-state index in [1.807, 2.05) is 12.1 Å². The third-order valence-electron chi connectivity index (χ3n) is 5.57. The number of ether oxygens (including phenoxy) is 1. The highest BCUT2D eigenvalue weighted by atomic mass is 16.5. The molecule has 2 heterocycles. The Hall–Kier alpha value is -2.94. The summed E-state index contributed by atoms with van der Waals surface area (Å²) in [7, 11) is 1.70. The Balaban J connectivity index is 1.88. The monoisotopic (exact) mass is 354 g/mol. The Bertz CT molecular complexity index is 1180. The normalized spacial score (nSPS) is 13.7. The maximum atomic E-state index is 5.49. The van der Waals surface area contributed by atoms with Gasteiger partial charge in [-0.3, -0.25) is 4.98 Å². The minimum absolute atomic E-state index is 0.843. The number of methoxy groups -OCH3 is 1. The van der Waals surface area contributed by atoms with Crippen molar-refractivity contribution in [2.45, 2.75) is 32.6 Å². The van der Waals surface area contributed by atoms with Gasteiger partial charge >= 0.3 is 0 Å². The van der Waals surface area contributed by atoms with Gasteiger partial charge in [0.05, 0.1) is 23.8 Å². The first kappa shape index (κ1) is 16.2. The predicted octanol–water partition coefficient (Wildman–Crippen LogP) is 5.65. The van der Waals surface area contributed by atoms with Crippen molar-refractivity contribution in [1.29, 1.82) is 0 Å². The zero-order valence-corrected chi connectivity index (χ0v) is 15.7. The van der Waals surface area contributed by atoms with Crippen molar-refractivity contribution in [3.63, 3.8) is 0 Å². The molecule has 0 radical (unpaired) electrons. The van der Waals surface area contributed by atoms with Gasteiger partial charge in [0.1, 0.15) is 5.75 Å². The summed E-state index contributed by atoms with van der Waals surface area (Å²) in [5, 5.41) is 2.25. The standard InChI is InChI=1S/C24H22N2O/c1-15-7-10-21-18(13-15)24(19-14-17(27-2)9-12-22(19)26-21)23-11-8-16-5-3-4-6-20(16)25-23/h7-14H,3-6H2,1-2H3. The van der Waals surface area contributed by atoms with E-state index in [1.54, 1.807) is 7.11 Å². The number of pyridine rings is 2. The molecule has 0 atom stereocenters. The smallest absolute Gasteiger partial charge is 0.119 e. The van der Waals surface area contributed by atoms with Crippen LogP contribution in [0.1, 0.15) is 29.7 Å². The minimum Gasteiger partial charge on any atom is -0.497 e. The lowest BCUT2D eigenvalue weighted by Crippen LogP contribution is -2.06. The zero-order valence-electron chi connectivity index (χ0n) is 15.7. The molecule has 0 fully saturated rings. The van der Waals surface area contributed by atoms with Gasteiger partial charge in [-0.2, -0.15) is 0 Å². The van der Waals surface area contributed by atoms with E-state index >= 15 is 0 Å². The number of hydrogen-bond donors (Lipinski definition) is 0. The van der Waals surface area contributed by atoms with E-state index in [0.717, 1.165) is 51.7 Å². The minimum atomic E-state index is 0.843. The Morgan fingerprint density at radius 2 is 1.59 bits per heavy atom. The molecule has 0 saturated heterocycles. The second-order valence-electron chi connectivity index (χ2n) is 7.40. The Morgan fingerprint density at radius 3 is 2.44 bits per heavy atom. The average molecular weight is 354 g/mol. The lowest BCUT2D eigenvalue weighted by Gasteiger charge is -2.17. The second kappa shape index (κ2) is 6.34. The maximum absolute atomic E-state index is 5.49. The van der Waals surface area contributed by atoms with E-state index < -0.39 is 0 Å². The molecular weight excluding hydrogens is 332 g/mol. The van der Waals surface area contributed by atoms with Crippen molar-refractivity contribution in [2.75, 3.05) is 7.11 Å². The number of nitrogens with zero attached hydrogens (tertiary/aromatic N) is 2. The number of benzene rings is 2. The van der Waals surface area contributed by atoms with Gasteiger partial charge < -0.3 is 4.74 Å². The lowest BCUT2D eigenvalue weighted by atomic mass is 9.93. The topological polar surface area (TPSA) is 35.0 Å². The number of aromatic nitrogens is 2. The Morgan fingerprint density at radius 1 is 0.815 bits per heavy atom. The molecular formula is C24H22N2O. The molecule has 0 N–H and O–H groups in total. The van der Waals surface area contributed by atoms with Gasteiger partial charge in [0.2, 0.25) is 0 Å². The third kappa shape index (κ3) is 2.74. The molecule has 0 bridgehead atoms. The number of aryl methyl sites for hydroxylation is 3. The van der Waals surface area contributed by atoms with Crippen LogP contribution in [0, 0.1) is 6.92 Å². The van der Waals surface area contributed by atoms with Crippen molar-refractivity contribution in [3.05, 3.63) is 65.4 Å². The second-order valence-corrected chi connectivity index (χ2v) is 7.40. The van der Waals surface area contributed by atoms with Crippen molar-refractivity contribution >= 4 is 21.8 Å². The maximum Gasteiger partial charge on any atom is 0.119 e. The largest absolute Gasteiger partial charge is 0.497 e. The predicted molar refractivity (Wildman–Crippen MR) is 110 cm³/mol. The fraction of sp³-hybridized carbons (Fsp3) is 0.250. The first-order chi connectivity index (χ1) is 13.2. The van der Waals surface area contributed by atoms with Crippen LogP contribution in [-0.2, 0) is 12.8 Å². The number of hydrogen-bond acceptors (Lipinski definition) is 3. The van der Waals surface area contributed by atoms with E-state index in [2.05, 4.69) is 43.3 Å². The first-order valence-electron chi connectivity index (χ1n) is 9.60. The van der Waals surface area contributed by atoms with Crippen LogP contribution < -0.4 is 4.74 Å². The summed E-state index contributed by atoms with van der Waals surface area (Å²) in [4.78, 5) is 9.98. The molecule has 134 valence electrons. The highest BCUT2D eigenvalue weighted by molar-refractivity contribution is 6.09. The molecule has 0 amide bonds. The van der Waals surface area contributed by atoms with E-state index in [4.69, 9.17) is 14.7 Å². The summed E-state index contributed by atoms with van der Waals surface area (Å²) in [6.07, 6.45) is 4.72. The van der Waals surface area contributed by atoms with Crippen molar-refractivity contribution in [1.82, 2.24) is 9.97 Å². The lowest BCUT2D eigenvalue weighted by molar-refractivity contribution is 0.415. The summed E-state index contributed by atoms with van der Waals surface area (Å²) in [6.45, 7) is 2.12. The molecule has 1 aliphatic rings. The molecule has 5 rings (SSSR count). The van der Waals surface area contributed by atoms with Crippen molar-refractivity contribution in [3.8, 4) is 17.0 Å². The van der Waals surface area contributed by atoms with Crippen molar-refractivity contribution in [2.24, 2.45) is 0 Å². The number of fused-ring (bicyclic) bond motifs is 3. The molecule has 0 spiro atoms. The Labute approximate surface area is 159 Å². The molecule has 0 aliphatic heterocycles. The number of rotatable bonds is 2. The average Bonchev–Trinajstić information content (AvgIpc) is 2.71. The van der Waals surface area contributed by atoms with Crippen LogP contribution in [0.5, 0.6) is 5.75 Å². The highest BCUT2D eigenvalue weighted by Crippen LogP contribution is 2.37. The Kier molecular flexibility index (Phi) is 3.82. The summed E-state index contributed by atoms with van der Waals surface area (Å²) in [5.41, 5.74) is 8.06. The fourth-order valence-electron chi connectivity index (χ4n) is 4.16. The quantitative estimate of drug-likeness (QED) is 0.437. The summed E-state index contributed by atoms with van der Waals surface area (Å²) < 4.78 is 5.49. The van der Waals surface area contributed by atoms with Crippen LogP contribution in [0.4, 0.5) is 0 Å². The summed E-state index contributed by atoms with van der Waals surface area (Å²) >= 11 is 0. The SMILES string of the molecule is COc1ccc2nc3ccc(C)cc3c(-c3ccc4c(n3)CCCC4)c2c1. The van der Waals surface area contributed by atoms with E-state index in [1.165, 1.54) is 29.7 Å². The third-order valence-corrected chi connectivity index (χ3v) is 5.57. The summed E-state index contributed by atoms with van der Waals surface area (Å²) in [5.74, 6) is 0.843. The molecule has 4 aromatic rings. The van der Waals surface area contributed by atoms with Crippen LogP contribution in [0.2, 0.25) is 0 Å². The molecule has 2 aromatic heterocycles. The molecule has 3 heteroatoms. The summed E-state index contributed by atoms with van der Waals surface area (Å²) in [6, 6.07) is 17.0. The zero-order chi connectivity index (χ0) is 18.4. The van der Waals surface area contributed by atoms with Crippen LogP contribution in [-0.4, -0.2) is 17.1 Å².